The van der Waals surface area contributed by atoms with Crippen molar-refractivity contribution in [1.82, 2.24) is 0 Å². The van der Waals surface area contributed by atoms with Crippen molar-refractivity contribution >= 4 is 21.7 Å². The number of carbonyl (C=O) groups excluding carboxylic acids is 1. The normalized spacial score (nSPS) is 11.5. The van der Waals surface area contributed by atoms with Crippen molar-refractivity contribution in [3.05, 3.63) is 27.7 Å². The Balaban J connectivity index is 3.43. The van der Waals surface area contributed by atoms with Crippen LogP contribution in [0.5, 0.6) is 5.75 Å². The number of phenols is 1. The number of benzene rings is 1. The van der Waals surface area contributed by atoms with Gasteiger partial charge in [-0.1, -0.05) is 0 Å². The van der Waals surface area contributed by atoms with Crippen molar-refractivity contribution in [2.24, 2.45) is 0 Å². The van der Waals surface area contributed by atoms with Gasteiger partial charge in [0.15, 0.2) is 5.78 Å². The van der Waals surface area contributed by atoms with E-state index in [2.05, 4.69) is 15.9 Å². The molecule has 0 saturated carbocycles. The second kappa shape index (κ2) is 3.84. The Kier molecular flexibility index (Phi) is 3.08. The minimum atomic E-state index is -4.67. The van der Waals surface area contributed by atoms with Crippen LogP contribution < -0.4 is 0 Å². The third-order valence-corrected chi connectivity index (χ3v) is 2.43. The summed E-state index contributed by atoms with van der Waals surface area (Å²) in [5.74, 6) is -1.41. The predicted molar refractivity (Wildman–Crippen MR) is 50.8 cm³/mol. The first-order chi connectivity index (χ1) is 6.73. The van der Waals surface area contributed by atoms with Crippen LogP contribution in [0.3, 0.4) is 0 Å². The Bertz CT molecular complexity index is 413. The molecule has 0 aliphatic carbocycles. The summed E-state index contributed by atoms with van der Waals surface area (Å²) in [4.78, 5) is 11.0. The lowest BCUT2D eigenvalue weighted by Crippen LogP contribution is -2.07. The van der Waals surface area contributed by atoms with Crippen LogP contribution in [-0.4, -0.2) is 10.9 Å². The summed E-state index contributed by atoms with van der Waals surface area (Å²) in [5, 5.41) is 9.07. The highest BCUT2D eigenvalue weighted by atomic mass is 79.9. The molecule has 0 aliphatic rings. The molecule has 0 radical (unpaired) electrons. The molecule has 0 unspecified atom stereocenters. The number of ketones is 1. The van der Waals surface area contributed by atoms with Crippen molar-refractivity contribution in [3.8, 4) is 5.75 Å². The van der Waals surface area contributed by atoms with Crippen molar-refractivity contribution in [1.29, 1.82) is 0 Å². The third-order valence-electron chi connectivity index (χ3n) is 1.77. The molecule has 1 aromatic rings. The molecule has 1 N–H and O–H groups in total. The molecular weight excluding hydrogens is 277 g/mol. The van der Waals surface area contributed by atoms with Gasteiger partial charge in [-0.3, -0.25) is 4.79 Å². The molecule has 6 heteroatoms. The Morgan fingerprint density at radius 3 is 2.33 bits per heavy atom. The maximum atomic E-state index is 12.3. The van der Waals surface area contributed by atoms with Crippen molar-refractivity contribution in [2.45, 2.75) is 13.1 Å². The zero-order valence-corrected chi connectivity index (χ0v) is 9.11. The molecule has 0 amide bonds. The third kappa shape index (κ3) is 2.50. The predicted octanol–water partition coefficient (Wildman–Crippen LogP) is 3.38. The average Bonchev–Trinajstić information content (AvgIpc) is 2.00. The van der Waals surface area contributed by atoms with Crippen LogP contribution in [0.2, 0.25) is 0 Å². The van der Waals surface area contributed by atoms with Gasteiger partial charge in [-0.2, -0.15) is 13.2 Å². The van der Waals surface area contributed by atoms with Crippen LogP contribution in [0.4, 0.5) is 13.2 Å². The summed E-state index contributed by atoms with van der Waals surface area (Å²) in [6.45, 7) is 1.15. The van der Waals surface area contributed by atoms with Crippen LogP contribution in [0.15, 0.2) is 16.6 Å². The van der Waals surface area contributed by atoms with Gasteiger partial charge in [-0.15, -0.1) is 0 Å². The summed E-state index contributed by atoms with van der Waals surface area (Å²) < 4.78 is 37.2. The Labute approximate surface area is 91.8 Å². The van der Waals surface area contributed by atoms with Gasteiger partial charge >= 0.3 is 6.18 Å². The fourth-order valence-electron chi connectivity index (χ4n) is 1.06. The van der Waals surface area contributed by atoms with Gasteiger partial charge in [0.1, 0.15) is 5.75 Å². The van der Waals surface area contributed by atoms with Gasteiger partial charge in [-0.05, 0) is 35.0 Å². The molecule has 0 fully saturated rings. The van der Waals surface area contributed by atoms with E-state index in [9.17, 15) is 18.0 Å². The Morgan fingerprint density at radius 2 is 1.93 bits per heavy atom. The van der Waals surface area contributed by atoms with Gasteiger partial charge in [0.05, 0.1) is 5.56 Å². The molecule has 0 bridgehead atoms. The van der Waals surface area contributed by atoms with E-state index in [0.29, 0.717) is 6.07 Å². The number of rotatable bonds is 1. The second-order valence-corrected chi connectivity index (χ2v) is 3.76. The van der Waals surface area contributed by atoms with Crippen molar-refractivity contribution in [3.63, 3.8) is 0 Å². The minimum Gasteiger partial charge on any atom is -0.507 e. The number of hydrogen-bond acceptors (Lipinski definition) is 2. The monoisotopic (exact) mass is 282 g/mol. The molecule has 0 heterocycles. The first kappa shape index (κ1) is 12.0. The van der Waals surface area contributed by atoms with E-state index in [0.717, 1.165) is 13.0 Å². The van der Waals surface area contributed by atoms with Crippen molar-refractivity contribution < 1.29 is 23.1 Å². The molecule has 15 heavy (non-hydrogen) atoms. The number of Topliss-reactive ketones (excluding diaryl/α,β-unsaturated/α-hetero) is 1. The summed E-state index contributed by atoms with van der Waals surface area (Å²) in [6, 6.07) is 1.49. The number of carbonyl (C=O) groups is 1. The number of alkyl halides is 3. The largest absolute Gasteiger partial charge is 0.507 e. The Hall–Kier alpha value is -1.04. The highest BCUT2D eigenvalue weighted by molar-refractivity contribution is 9.10. The van der Waals surface area contributed by atoms with Gasteiger partial charge in [0.25, 0.3) is 0 Å². The fraction of sp³-hybridized carbons (Fsp3) is 0.222. The fourth-order valence-corrected chi connectivity index (χ4v) is 1.67. The van der Waals surface area contributed by atoms with E-state index < -0.39 is 23.3 Å². The first-order valence-corrected chi connectivity index (χ1v) is 4.63. The maximum Gasteiger partial charge on any atom is 0.419 e. The topological polar surface area (TPSA) is 37.3 Å². The summed E-state index contributed by atoms with van der Waals surface area (Å²) in [5.41, 5.74) is -1.32. The van der Waals surface area contributed by atoms with E-state index in [1.165, 1.54) is 0 Å². The molecule has 0 aromatic heterocycles. The van der Waals surface area contributed by atoms with E-state index in [-0.39, 0.29) is 10.0 Å². The summed E-state index contributed by atoms with van der Waals surface area (Å²) in [7, 11) is 0. The molecular formula is C9H6BrF3O2. The lowest BCUT2D eigenvalue weighted by atomic mass is 10.1. The average molecular weight is 283 g/mol. The first-order valence-electron chi connectivity index (χ1n) is 3.84. The minimum absolute atomic E-state index is 0.111. The van der Waals surface area contributed by atoms with Crippen LogP contribution in [0.1, 0.15) is 22.8 Å². The van der Waals surface area contributed by atoms with Gasteiger partial charge < -0.3 is 5.11 Å². The zero-order chi connectivity index (χ0) is 11.8. The quantitative estimate of drug-likeness (QED) is 0.802. The van der Waals surface area contributed by atoms with Crippen LogP contribution in [0.25, 0.3) is 0 Å². The number of halogens is 4. The van der Waals surface area contributed by atoms with Crippen molar-refractivity contribution in [2.75, 3.05) is 0 Å². The summed E-state index contributed by atoms with van der Waals surface area (Å²) in [6.07, 6.45) is -4.67. The standard InChI is InChI=1S/C9H6BrF3O2/c1-4(14)5-2-6(9(11,12)13)8(15)3-7(5)10/h2-3,15H,1H3. The molecule has 82 valence electrons. The van der Waals surface area contributed by atoms with Crippen LogP contribution in [-0.2, 0) is 6.18 Å². The molecule has 0 atom stereocenters. The zero-order valence-electron chi connectivity index (χ0n) is 7.52. The number of phenolic OH excluding ortho intramolecular Hbond substituents is 1. The molecule has 2 nitrogen and oxygen atoms in total. The van der Waals surface area contributed by atoms with Gasteiger partial charge in [-0.25, -0.2) is 0 Å². The molecule has 0 saturated heterocycles. The lowest BCUT2D eigenvalue weighted by molar-refractivity contribution is -0.138. The molecule has 0 aliphatic heterocycles. The second-order valence-electron chi connectivity index (χ2n) is 2.90. The molecule has 1 rings (SSSR count). The Morgan fingerprint density at radius 1 is 1.40 bits per heavy atom. The smallest absolute Gasteiger partial charge is 0.419 e. The van der Waals surface area contributed by atoms with Gasteiger partial charge in [0.2, 0.25) is 0 Å². The maximum absolute atomic E-state index is 12.3. The van der Waals surface area contributed by atoms with Crippen LogP contribution >= 0.6 is 15.9 Å². The van der Waals surface area contributed by atoms with E-state index in [1.54, 1.807) is 0 Å². The van der Waals surface area contributed by atoms with Gasteiger partial charge in [0, 0.05) is 10.0 Å². The number of aromatic hydroxyl groups is 1. The number of hydrogen-bond donors (Lipinski definition) is 1. The van der Waals surface area contributed by atoms with Crippen LogP contribution in [0, 0.1) is 0 Å². The van der Waals surface area contributed by atoms with E-state index >= 15 is 0 Å². The van der Waals surface area contributed by atoms with E-state index in [4.69, 9.17) is 5.11 Å². The highest BCUT2D eigenvalue weighted by Gasteiger charge is 2.34. The highest BCUT2D eigenvalue weighted by Crippen LogP contribution is 2.38. The molecule has 0 spiro atoms. The molecule has 1 aromatic carbocycles. The lowest BCUT2D eigenvalue weighted by Gasteiger charge is -2.11. The van der Waals surface area contributed by atoms with E-state index in [1.807, 2.05) is 0 Å². The summed E-state index contributed by atoms with van der Waals surface area (Å²) >= 11 is 2.90. The SMILES string of the molecule is CC(=O)c1cc(C(F)(F)F)c(O)cc1Br.